The third kappa shape index (κ3) is 4.37. The van der Waals surface area contributed by atoms with Gasteiger partial charge in [0.15, 0.2) is 11.2 Å². The summed E-state index contributed by atoms with van der Waals surface area (Å²) in [5.74, 6) is -2.48. The summed E-state index contributed by atoms with van der Waals surface area (Å²) < 4.78 is 10.4. The van der Waals surface area contributed by atoms with Crippen LogP contribution in [0.2, 0.25) is 0 Å². The van der Waals surface area contributed by atoms with Crippen LogP contribution in [0, 0.1) is 10.1 Å². The van der Waals surface area contributed by atoms with Gasteiger partial charge in [0.2, 0.25) is 6.29 Å². The van der Waals surface area contributed by atoms with Gasteiger partial charge in [-0.05, 0) is 23.5 Å². The number of carboxylic acid groups (broad SMARTS) is 1. The number of hydrogen-bond donors (Lipinski definition) is 5. The minimum Gasteiger partial charge on any atom is -0.479 e. The van der Waals surface area contributed by atoms with Gasteiger partial charge in [-0.25, -0.2) is 9.78 Å². The van der Waals surface area contributed by atoms with Crippen molar-refractivity contribution in [1.82, 2.24) is 4.98 Å². The first-order valence-corrected chi connectivity index (χ1v) is 9.10. The van der Waals surface area contributed by atoms with Gasteiger partial charge in [0.25, 0.3) is 5.91 Å². The minimum atomic E-state index is -1.89. The van der Waals surface area contributed by atoms with Crippen molar-refractivity contribution in [3.05, 3.63) is 46.1 Å². The zero-order chi connectivity index (χ0) is 22.0. The highest BCUT2D eigenvalue weighted by Gasteiger charge is 2.48. The lowest BCUT2D eigenvalue weighted by molar-refractivity contribution is -0.380. The fourth-order valence-electron chi connectivity index (χ4n) is 2.60. The van der Waals surface area contributed by atoms with Crippen LogP contribution in [0.4, 0.5) is 10.1 Å². The van der Waals surface area contributed by atoms with Crippen LogP contribution in [0.25, 0.3) is 0 Å². The third-order valence-electron chi connectivity index (χ3n) is 4.08. The van der Waals surface area contributed by atoms with E-state index in [1.807, 2.05) is 0 Å². The second-order valence-corrected chi connectivity index (χ2v) is 7.07. The molecule has 0 spiro atoms. The molecule has 0 radical (unpaired) electrons. The molecule has 1 fully saturated rings. The van der Waals surface area contributed by atoms with Crippen molar-refractivity contribution in [1.29, 1.82) is 0 Å². The van der Waals surface area contributed by atoms with E-state index in [-0.39, 0.29) is 21.4 Å². The number of rotatable bonds is 6. The molecule has 1 aromatic heterocycles. The molecule has 3 rings (SSSR count). The minimum absolute atomic E-state index is 0.0417. The molecule has 1 aliphatic heterocycles. The number of ether oxygens (including phenoxy) is 2. The van der Waals surface area contributed by atoms with Gasteiger partial charge in [0, 0.05) is 0 Å². The molecule has 0 aliphatic carbocycles. The van der Waals surface area contributed by atoms with Crippen LogP contribution >= 0.6 is 11.3 Å². The Kier molecular flexibility index (Phi) is 6.23. The normalized spacial score (nSPS) is 26.0. The fourth-order valence-corrected chi connectivity index (χ4v) is 3.23. The van der Waals surface area contributed by atoms with Crippen molar-refractivity contribution < 1.29 is 44.4 Å². The Morgan fingerprint density at radius 2 is 1.90 bits per heavy atom. The number of hydrogen-bond acceptors (Lipinski definition) is 11. The summed E-state index contributed by atoms with van der Waals surface area (Å²) in [5.41, 5.74) is -0.0846. The molecule has 160 valence electrons. The van der Waals surface area contributed by atoms with E-state index in [2.05, 4.69) is 10.3 Å². The molecule has 0 saturated carbocycles. The van der Waals surface area contributed by atoms with E-state index >= 15 is 0 Å². The summed E-state index contributed by atoms with van der Waals surface area (Å²) in [6.07, 6.45) is -8.18. The Morgan fingerprint density at radius 1 is 1.20 bits per heavy atom. The molecule has 1 saturated heterocycles. The lowest BCUT2D eigenvalue weighted by Gasteiger charge is -2.38. The van der Waals surface area contributed by atoms with Crippen molar-refractivity contribution in [2.24, 2.45) is 0 Å². The first-order chi connectivity index (χ1) is 14.2. The van der Waals surface area contributed by atoms with Gasteiger partial charge in [0.1, 0.15) is 30.3 Å². The summed E-state index contributed by atoms with van der Waals surface area (Å²) >= 11 is 0.636. The second kappa shape index (κ2) is 8.68. The highest BCUT2D eigenvalue weighted by molar-refractivity contribution is 7.18. The molecule has 13 nitrogen and oxygen atoms in total. The number of aromatic nitrogens is 1. The topological polar surface area (TPSA) is 202 Å². The van der Waals surface area contributed by atoms with Crippen LogP contribution in [-0.2, 0) is 9.53 Å². The van der Waals surface area contributed by atoms with E-state index < -0.39 is 47.5 Å². The van der Waals surface area contributed by atoms with E-state index in [9.17, 15) is 35.0 Å². The van der Waals surface area contributed by atoms with Crippen molar-refractivity contribution in [2.75, 3.05) is 5.32 Å². The molecule has 2 aromatic rings. The van der Waals surface area contributed by atoms with E-state index in [1.54, 1.807) is 0 Å². The van der Waals surface area contributed by atoms with Crippen LogP contribution < -0.4 is 10.1 Å². The molecule has 0 bridgehead atoms. The summed E-state index contributed by atoms with van der Waals surface area (Å²) in [4.78, 5) is 37.5. The Balaban J connectivity index is 1.79. The number of carbonyl (C=O) groups is 2. The zero-order valence-corrected chi connectivity index (χ0v) is 15.6. The Labute approximate surface area is 171 Å². The SMILES string of the molecule is O=C(Nc1ncc([N+](=O)[O-])s1)c1ccccc1O[C@@H]1O[C@H](C(=O)O)[C@@H](O)[C@H](O)[C@H]1O. The number of benzene rings is 1. The summed E-state index contributed by atoms with van der Waals surface area (Å²) in [5, 5.41) is 51.5. The number of nitrogens with zero attached hydrogens (tertiary/aromatic N) is 2. The maximum atomic E-state index is 12.5. The number of aliphatic carboxylic acids is 1. The number of aliphatic hydroxyl groups excluding tert-OH is 3. The average molecular weight is 441 g/mol. The number of amides is 1. The number of nitrogens with one attached hydrogen (secondary N) is 1. The van der Waals surface area contributed by atoms with Gasteiger partial charge in [0.05, 0.1) is 10.5 Å². The predicted octanol–water partition coefficient (Wildman–Crippen LogP) is -0.425. The quantitative estimate of drug-likeness (QED) is 0.288. The number of thiazole rings is 1. The van der Waals surface area contributed by atoms with E-state index in [0.717, 1.165) is 6.20 Å². The van der Waals surface area contributed by atoms with Gasteiger partial charge in [-0.1, -0.05) is 12.1 Å². The fraction of sp³-hybridized carbons (Fsp3) is 0.312. The molecule has 1 aromatic carbocycles. The first kappa shape index (κ1) is 21.5. The standard InChI is InChI=1S/C16H15N3O10S/c20-9-10(21)12(14(24)25)29-15(11(9)22)28-7-4-2-1-3-6(7)13(23)18-16-17-5-8(30-16)19(26)27/h1-5,9-12,15,20-22H,(H,24,25)(H,17,18,23)/t9-,10-,11+,12-,15+/m0/s1. The molecule has 1 amide bonds. The summed E-state index contributed by atoms with van der Waals surface area (Å²) in [7, 11) is 0. The third-order valence-corrected chi connectivity index (χ3v) is 4.95. The molecule has 5 atom stereocenters. The van der Waals surface area contributed by atoms with Crippen LogP contribution in [-0.4, -0.2) is 72.9 Å². The second-order valence-electron chi connectivity index (χ2n) is 6.06. The zero-order valence-electron chi connectivity index (χ0n) is 14.8. The first-order valence-electron chi connectivity index (χ1n) is 8.28. The molecule has 14 heteroatoms. The number of anilines is 1. The Morgan fingerprint density at radius 3 is 2.53 bits per heavy atom. The maximum absolute atomic E-state index is 12.5. The largest absolute Gasteiger partial charge is 0.479 e. The molecule has 30 heavy (non-hydrogen) atoms. The van der Waals surface area contributed by atoms with Crippen LogP contribution in [0.15, 0.2) is 30.5 Å². The summed E-state index contributed by atoms with van der Waals surface area (Å²) in [6.45, 7) is 0. The van der Waals surface area contributed by atoms with Crippen molar-refractivity contribution in [2.45, 2.75) is 30.7 Å². The van der Waals surface area contributed by atoms with E-state index in [0.29, 0.717) is 11.3 Å². The molecule has 0 unspecified atom stereocenters. The lowest BCUT2D eigenvalue weighted by atomic mass is 9.99. The van der Waals surface area contributed by atoms with Gasteiger partial charge in [-0.3, -0.25) is 20.2 Å². The van der Waals surface area contributed by atoms with E-state index in [4.69, 9.17) is 14.6 Å². The smallest absolute Gasteiger partial charge is 0.345 e. The van der Waals surface area contributed by atoms with Crippen LogP contribution in [0.3, 0.4) is 0 Å². The van der Waals surface area contributed by atoms with Crippen molar-refractivity contribution >= 4 is 33.3 Å². The van der Waals surface area contributed by atoms with E-state index in [1.165, 1.54) is 24.3 Å². The van der Waals surface area contributed by atoms with Gasteiger partial charge >= 0.3 is 11.0 Å². The molecular formula is C16H15N3O10S. The van der Waals surface area contributed by atoms with Gasteiger partial charge in [-0.15, -0.1) is 0 Å². The lowest BCUT2D eigenvalue weighted by Crippen LogP contribution is -2.61. The van der Waals surface area contributed by atoms with Gasteiger partial charge in [-0.2, -0.15) is 0 Å². The molecule has 2 heterocycles. The number of aliphatic hydroxyl groups is 3. The number of carboxylic acids is 1. The molecule has 1 aliphatic rings. The maximum Gasteiger partial charge on any atom is 0.345 e. The van der Waals surface area contributed by atoms with Crippen LogP contribution in [0.5, 0.6) is 5.75 Å². The molecular weight excluding hydrogens is 426 g/mol. The van der Waals surface area contributed by atoms with Crippen molar-refractivity contribution in [3.63, 3.8) is 0 Å². The Hall–Kier alpha value is -3.17. The highest BCUT2D eigenvalue weighted by atomic mass is 32.1. The Bertz CT molecular complexity index is 966. The van der Waals surface area contributed by atoms with Crippen LogP contribution in [0.1, 0.15) is 10.4 Å². The molecule has 5 N–H and O–H groups in total. The summed E-state index contributed by atoms with van der Waals surface area (Å²) in [6, 6.07) is 5.63. The predicted molar refractivity (Wildman–Crippen MR) is 98.1 cm³/mol. The van der Waals surface area contributed by atoms with Crippen molar-refractivity contribution in [3.8, 4) is 5.75 Å². The van der Waals surface area contributed by atoms with Gasteiger partial charge < -0.3 is 29.9 Å². The monoisotopic (exact) mass is 441 g/mol. The highest BCUT2D eigenvalue weighted by Crippen LogP contribution is 2.29. The number of para-hydroxylation sites is 1. The number of carbonyl (C=O) groups excluding carboxylic acids is 1. The average Bonchev–Trinajstić information content (AvgIpc) is 3.17. The number of nitro groups is 1.